The van der Waals surface area contributed by atoms with Crippen LogP contribution in [0, 0.1) is 29.2 Å². The number of H-pyrrole nitrogens is 1. The van der Waals surface area contributed by atoms with Gasteiger partial charge < -0.3 is 4.98 Å². The highest BCUT2D eigenvalue weighted by molar-refractivity contribution is 5.82. The van der Waals surface area contributed by atoms with Gasteiger partial charge in [0.25, 0.3) is 0 Å². The Bertz CT molecular complexity index is 1370. The van der Waals surface area contributed by atoms with Gasteiger partial charge in [-0.05, 0) is 67.3 Å². The average molecular weight is 481 g/mol. The van der Waals surface area contributed by atoms with Gasteiger partial charge in [-0.15, -0.1) is 0 Å². The van der Waals surface area contributed by atoms with Gasteiger partial charge in [-0.25, -0.2) is 22.5 Å². The zero-order chi connectivity index (χ0) is 24.2. The van der Waals surface area contributed by atoms with Crippen molar-refractivity contribution in [3.8, 4) is 0 Å². The molecule has 2 heterocycles. The molecule has 0 amide bonds. The molecule has 1 N–H and O–H groups in total. The van der Waals surface area contributed by atoms with Crippen LogP contribution in [0.25, 0.3) is 21.9 Å². The van der Waals surface area contributed by atoms with Crippen molar-refractivity contribution >= 4 is 21.9 Å². The van der Waals surface area contributed by atoms with Crippen molar-refractivity contribution in [3.63, 3.8) is 0 Å². The molecule has 3 nitrogen and oxygen atoms in total. The first-order valence-electron chi connectivity index (χ1n) is 10.8. The first kappa shape index (κ1) is 22.6. The molecule has 0 radical (unpaired) electrons. The molecule has 0 aliphatic heterocycles. The minimum absolute atomic E-state index is 0.0752. The quantitative estimate of drug-likeness (QED) is 0.247. The molecule has 10 heteroatoms. The summed E-state index contributed by atoms with van der Waals surface area (Å²) in [6.45, 7) is 0. The van der Waals surface area contributed by atoms with Crippen molar-refractivity contribution < 1.29 is 30.7 Å². The van der Waals surface area contributed by atoms with Crippen LogP contribution in [0.15, 0.2) is 36.5 Å². The summed E-state index contributed by atoms with van der Waals surface area (Å²) in [4.78, 5) is 10.3. The van der Waals surface area contributed by atoms with Crippen LogP contribution in [0.4, 0.5) is 30.7 Å². The normalized spacial score (nSPS) is 20.2. The van der Waals surface area contributed by atoms with Gasteiger partial charge in [0.05, 0.1) is 11.0 Å². The zero-order valence-corrected chi connectivity index (χ0v) is 17.6. The lowest BCUT2D eigenvalue weighted by Crippen LogP contribution is -2.31. The van der Waals surface area contributed by atoms with Gasteiger partial charge in [0.1, 0.15) is 23.1 Å². The van der Waals surface area contributed by atoms with Crippen molar-refractivity contribution in [2.75, 3.05) is 0 Å². The number of benzene rings is 2. The molecular weight excluding hydrogens is 463 g/mol. The van der Waals surface area contributed by atoms with E-state index in [9.17, 15) is 30.7 Å². The number of imidazole rings is 1. The Kier molecular flexibility index (Phi) is 5.49. The maximum absolute atomic E-state index is 14.1. The van der Waals surface area contributed by atoms with E-state index < -0.39 is 52.6 Å². The predicted molar refractivity (Wildman–Crippen MR) is 111 cm³/mol. The van der Waals surface area contributed by atoms with Crippen molar-refractivity contribution in [1.29, 1.82) is 0 Å². The second-order valence-electron chi connectivity index (χ2n) is 8.70. The molecule has 0 spiro atoms. The number of nitrogens with zero attached hydrogens (tertiary/aromatic N) is 2. The molecule has 4 aromatic rings. The fourth-order valence-corrected chi connectivity index (χ4v) is 5.13. The molecule has 0 saturated heterocycles. The standard InChI is InChI=1S/C24H18F7N3/c25-13-5-6-17-15(9-13)14(7-8-32-17)11-1-3-12(4-2-11)19(24(29,30)31)23-33-18-10-16(26)20(27)21(28)22(18)34-23/h5-12,19H,1-4H2,(H,33,34)/t11?,12?,19-/m1/s1. The van der Waals surface area contributed by atoms with Gasteiger partial charge in [-0.3, -0.25) is 4.98 Å². The Labute approximate surface area is 189 Å². The van der Waals surface area contributed by atoms with Gasteiger partial charge in [-0.1, -0.05) is 0 Å². The van der Waals surface area contributed by atoms with E-state index in [2.05, 4.69) is 15.0 Å². The van der Waals surface area contributed by atoms with E-state index in [4.69, 9.17) is 0 Å². The maximum Gasteiger partial charge on any atom is 0.399 e. The molecule has 2 aromatic carbocycles. The number of hydrogen-bond acceptors (Lipinski definition) is 2. The largest absolute Gasteiger partial charge is 0.399 e. The molecule has 1 saturated carbocycles. The zero-order valence-electron chi connectivity index (χ0n) is 17.6. The van der Waals surface area contributed by atoms with Gasteiger partial charge in [0.15, 0.2) is 17.5 Å². The van der Waals surface area contributed by atoms with Crippen LogP contribution < -0.4 is 0 Å². The van der Waals surface area contributed by atoms with Crippen molar-refractivity contribution in [2.24, 2.45) is 5.92 Å². The van der Waals surface area contributed by atoms with Gasteiger partial charge in [-0.2, -0.15) is 13.2 Å². The monoisotopic (exact) mass is 481 g/mol. The third-order valence-corrected chi connectivity index (χ3v) is 6.70. The molecule has 1 aliphatic carbocycles. The van der Waals surface area contributed by atoms with E-state index in [1.54, 1.807) is 18.3 Å². The summed E-state index contributed by atoms with van der Waals surface area (Å²) in [7, 11) is 0. The topological polar surface area (TPSA) is 41.6 Å². The molecule has 1 fully saturated rings. The van der Waals surface area contributed by atoms with Crippen molar-refractivity contribution in [3.05, 3.63) is 71.2 Å². The molecule has 0 bridgehead atoms. The van der Waals surface area contributed by atoms with Crippen LogP contribution in [0.3, 0.4) is 0 Å². The first-order valence-corrected chi connectivity index (χ1v) is 10.8. The van der Waals surface area contributed by atoms with E-state index in [-0.39, 0.29) is 24.3 Å². The molecule has 1 atom stereocenters. The summed E-state index contributed by atoms with van der Waals surface area (Å²) in [6, 6.07) is 6.61. The Balaban J connectivity index is 1.44. The lowest BCUT2D eigenvalue weighted by Gasteiger charge is -2.34. The lowest BCUT2D eigenvalue weighted by molar-refractivity contribution is -0.166. The highest BCUT2D eigenvalue weighted by atomic mass is 19.4. The predicted octanol–water partition coefficient (Wildman–Crippen LogP) is 7.29. The van der Waals surface area contributed by atoms with Crippen LogP contribution in [0.1, 0.15) is 48.9 Å². The second-order valence-corrected chi connectivity index (χ2v) is 8.70. The van der Waals surface area contributed by atoms with Gasteiger partial charge in [0, 0.05) is 17.6 Å². The van der Waals surface area contributed by atoms with Gasteiger partial charge in [0.2, 0.25) is 0 Å². The Hall–Kier alpha value is -3.17. The highest BCUT2D eigenvalue weighted by Gasteiger charge is 2.48. The molecule has 2 aromatic heterocycles. The molecule has 1 aliphatic rings. The average Bonchev–Trinajstić information content (AvgIpc) is 3.20. The summed E-state index contributed by atoms with van der Waals surface area (Å²) in [6.07, 6.45) is -1.88. The fourth-order valence-electron chi connectivity index (χ4n) is 5.13. The van der Waals surface area contributed by atoms with Crippen LogP contribution in [-0.2, 0) is 0 Å². The molecular formula is C24H18F7N3. The molecule has 178 valence electrons. The molecule has 0 unspecified atom stereocenters. The van der Waals surface area contributed by atoms with Crippen LogP contribution >= 0.6 is 0 Å². The maximum atomic E-state index is 14.1. The summed E-state index contributed by atoms with van der Waals surface area (Å²) >= 11 is 0. The first-order chi connectivity index (χ1) is 16.1. The summed E-state index contributed by atoms with van der Waals surface area (Å²) < 4.78 is 97.2. The summed E-state index contributed by atoms with van der Waals surface area (Å²) in [5, 5.41) is 0.634. The minimum Gasteiger partial charge on any atom is -0.341 e. The van der Waals surface area contributed by atoms with Crippen LogP contribution in [0.5, 0.6) is 0 Å². The number of nitrogens with one attached hydrogen (secondary N) is 1. The smallest absolute Gasteiger partial charge is 0.341 e. The molecule has 5 rings (SSSR count). The number of pyridine rings is 1. The van der Waals surface area contributed by atoms with E-state index >= 15 is 0 Å². The number of aromatic amines is 1. The Morgan fingerprint density at radius 1 is 0.912 bits per heavy atom. The third kappa shape index (κ3) is 3.88. The number of alkyl halides is 3. The SMILES string of the molecule is Fc1ccc2nccc(C3CCC([C@H](c4nc5c(F)c(F)c(F)cc5[nH]4)C(F)(F)F)CC3)c2c1. The number of rotatable bonds is 3. The fraction of sp³-hybridized carbons (Fsp3) is 0.333. The Morgan fingerprint density at radius 2 is 1.65 bits per heavy atom. The van der Waals surface area contributed by atoms with E-state index in [0.29, 0.717) is 29.8 Å². The van der Waals surface area contributed by atoms with Gasteiger partial charge >= 0.3 is 6.18 Å². The number of hydrogen-bond donors (Lipinski definition) is 1. The Morgan fingerprint density at radius 3 is 2.35 bits per heavy atom. The number of aromatic nitrogens is 3. The van der Waals surface area contributed by atoms with Crippen molar-refractivity contribution in [1.82, 2.24) is 15.0 Å². The third-order valence-electron chi connectivity index (χ3n) is 6.70. The number of halogens is 7. The van der Waals surface area contributed by atoms with E-state index in [1.807, 2.05) is 0 Å². The lowest BCUT2D eigenvalue weighted by atomic mass is 9.73. The summed E-state index contributed by atoms with van der Waals surface area (Å²) in [5.41, 5.74) is 0.447. The summed E-state index contributed by atoms with van der Waals surface area (Å²) in [5.74, 6) is -8.88. The molecule has 34 heavy (non-hydrogen) atoms. The highest BCUT2D eigenvalue weighted by Crippen LogP contribution is 2.48. The minimum atomic E-state index is -4.70. The second kappa shape index (κ2) is 8.25. The van der Waals surface area contributed by atoms with E-state index in [1.165, 1.54) is 12.1 Å². The van der Waals surface area contributed by atoms with Crippen LogP contribution in [-0.4, -0.2) is 21.1 Å². The van der Waals surface area contributed by atoms with Crippen molar-refractivity contribution in [2.45, 2.75) is 43.7 Å². The number of fused-ring (bicyclic) bond motifs is 2. The van der Waals surface area contributed by atoms with Crippen LogP contribution in [0.2, 0.25) is 0 Å². The van der Waals surface area contributed by atoms with E-state index in [0.717, 1.165) is 5.56 Å².